The van der Waals surface area contributed by atoms with Crippen LogP contribution in [0.25, 0.3) is 11.1 Å². The third kappa shape index (κ3) is 3.89. The molecule has 0 spiro atoms. The monoisotopic (exact) mass is 371 g/mol. The fraction of sp³-hybridized carbons (Fsp3) is 0.0556. The fourth-order valence-electron chi connectivity index (χ4n) is 2.41. The number of carboxylic acid groups (broad SMARTS) is 1. The van der Waals surface area contributed by atoms with Crippen LogP contribution in [0, 0.1) is 10.1 Å². The highest BCUT2D eigenvalue weighted by molar-refractivity contribution is 7.98. The minimum atomic E-state index is -1.18. The van der Waals surface area contributed by atoms with Crippen molar-refractivity contribution in [2.45, 2.75) is 10.6 Å². The van der Waals surface area contributed by atoms with E-state index in [-0.39, 0.29) is 11.3 Å². The summed E-state index contributed by atoms with van der Waals surface area (Å²) < 4.78 is 0. The molecule has 25 heavy (non-hydrogen) atoms. The largest absolute Gasteiger partial charge is 0.478 e. The quantitative estimate of drug-likeness (QED) is 0.361. The summed E-state index contributed by atoms with van der Waals surface area (Å²) in [5.74, 6) is -0.566. The number of hydrogen-bond acceptors (Lipinski definition) is 5. The van der Waals surface area contributed by atoms with Crippen molar-refractivity contribution in [2.24, 2.45) is 0 Å². The number of thiophene rings is 1. The Labute approximate surface area is 152 Å². The highest BCUT2D eigenvalue weighted by atomic mass is 32.2. The highest BCUT2D eigenvalue weighted by Crippen LogP contribution is 2.40. The van der Waals surface area contributed by atoms with Crippen LogP contribution in [-0.2, 0) is 5.75 Å². The van der Waals surface area contributed by atoms with Gasteiger partial charge in [0.05, 0.1) is 16.1 Å². The molecule has 0 aliphatic carbocycles. The summed E-state index contributed by atoms with van der Waals surface area (Å²) in [4.78, 5) is 23.0. The molecule has 3 aromatic rings. The Morgan fingerprint density at radius 2 is 1.96 bits per heavy atom. The van der Waals surface area contributed by atoms with E-state index in [9.17, 15) is 20.0 Å². The van der Waals surface area contributed by atoms with Crippen molar-refractivity contribution in [3.05, 3.63) is 80.5 Å². The molecule has 0 aliphatic heterocycles. The van der Waals surface area contributed by atoms with Crippen LogP contribution in [-0.4, -0.2) is 16.0 Å². The fourth-order valence-corrected chi connectivity index (χ4v) is 4.27. The molecular weight excluding hydrogens is 358 g/mol. The molecule has 0 aliphatic rings. The van der Waals surface area contributed by atoms with E-state index >= 15 is 0 Å². The van der Waals surface area contributed by atoms with Crippen LogP contribution in [0.5, 0.6) is 0 Å². The number of nitro benzene ring substituents is 1. The van der Waals surface area contributed by atoms with Gasteiger partial charge in [-0.25, -0.2) is 4.79 Å². The zero-order valence-corrected chi connectivity index (χ0v) is 14.5. The maximum absolute atomic E-state index is 11.6. The predicted molar refractivity (Wildman–Crippen MR) is 99.4 cm³/mol. The SMILES string of the molecule is O=C(O)c1cc(SCc2ccsc2)c(-c2ccccc2)c([N+](=O)[O-])c1. The summed E-state index contributed by atoms with van der Waals surface area (Å²) in [7, 11) is 0. The van der Waals surface area contributed by atoms with E-state index in [0.29, 0.717) is 21.8 Å². The summed E-state index contributed by atoms with van der Waals surface area (Å²) >= 11 is 2.98. The van der Waals surface area contributed by atoms with Crippen molar-refractivity contribution in [3.8, 4) is 11.1 Å². The summed E-state index contributed by atoms with van der Waals surface area (Å²) in [5.41, 5.74) is 1.96. The van der Waals surface area contributed by atoms with Crippen molar-refractivity contribution >= 4 is 34.8 Å². The maximum Gasteiger partial charge on any atom is 0.335 e. The van der Waals surface area contributed by atoms with Crippen molar-refractivity contribution in [1.29, 1.82) is 0 Å². The first kappa shape index (κ1) is 17.2. The normalized spacial score (nSPS) is 10.6. The van der Waals surface area contributed by atoms with Crippen molar-refractivity contribution < 1.29 is 14.8 Å². The first-order valence-electron chi connectivity index (χ1n) is 7.31. The number of benzene rings is 2. The van der Waals surface area contributed by atoms with Crippen LogP contribution in [0.2, 0.25) is 0 Å². The number of nitro groups is 1. The van der Waals surface area contributed by atoms with E-state index in [1.165, 1.54) is 17.8 Å². The van der Waals surface area contributed by atoms with Gasteiger partial charge in [-0.2, -0.15) is 11.3 Å². The molecule has 0 bridgehead atoms. The minimum absolute atomic E-state index is 0.0841. The number of thioether (sulfide) groups is 1. The van der Waals surface area contributed by atoms with E-state index in [0.717, 1.165) is 11.6 Å². The second kappa shape index (κ2) is 7.50. The number of rotatable bonds is 6. The smallest absolute Gasteiger partial charge is 0.335 e. The van der Waals surface area contributed by atoms with Gasteiger partial charge in [-0.1, -0.05) is 30.3 Å². The van der Waals surface area contributed by atoms with Gasteiger partial charge < -0.3 is 5.11 Å². The van der Waals surface area contributed by atoms with E-state index < -0.39 is 10.9 Å². The number of carboxylic acids is 1. The molecule has 126 valence electrons. The molecule has 1 aromatic heterocycles. The first-order chi connectivity index (χ1) is 12.1. The molecule has 0 amide bonds. The second-order valence-corrected chi connectivity index (χ2v) is 7.01. The molecular formula is C18H13NO4S2. The van der Waals surface area contributed by atoms with E-state index in [4.69, 9.17) is 0 Å². The molecule has 0 saturated carbocycles. The second-order valence-electron chi connectivity index (χ2n) is 5.22. The average Bonchev–Trinajstić information content (AvgIpc) is 3.13. The molecule has 7 heteroatoms. The van der Waals surface area contributed by atoms with Gasteiger partial charge in [-0.05, 0) is 34.0 Å². The van der Waals surface area contributed by atoms with Crippen molar-refractivity contribution in [3.63, 3.8) is 0 Å². The standard InChI is InChI=1S/C18H13NO4S2/c20-18(21)14-8-15(19(22)23)17(13-4-2-1-3-5-13)16(9-14)25-11-12-6-7-24-10-12/h1-10H,11H2,(H,20,21). The van der Waals surface area contributed by atoms with Gasteiger partial charge in [0, 0.05) is 16.7 Å². The zero-order chi connectivity index (χ0) is 17.8. The molecule has 2 aromatic carbocycles. The van der Waals surface area contributed by atoms with Gasteiger partial charge in [0.15, 0.2) is 0 Å². The highest BCUT2D eigenvalue weighted by Gasteiger charge is 2.23. The van der Waals surface area contributed by atoms with Crippen LogP contribution < -0.4 is 0 Å². The van der Waals surface area contributed by atoms with Gasteiger partial charge in [0.2, 0.25) is 0 Å². The summed E-state index contributed by atoms with van der Waals surface area (Å²) in [6.45, 7) is 0. The summed E-state index contributed by atoms with van der Waals surface area (Å²) in [6, 6.07) is 13.6. The van der Waals surface area contributed by atoms with Gasteiger partial charge in [0.1, 0.15) is 0 Å². The third-order valence-electron chi connectivity index (χ3n) is 3.56. The molecule has 0 radical (unpaired) electrons. The lowest BCUT2D eigenvalue weighted by molar-refractivity contribution is -0.384. The summed E-state index contributed by atoms with van der Waals surface area (Å²) in [5, 5.41) is 24.8. The Hall–Kier alpha value is -2.64. The Bertz CT molecular complexity index is 908. The Kier molecular flexibility index (Phi) is 5.16. The number of nitrogens with zero attached hydrogens (tertiary/aromatic N) is 1. The molecule has 1 heterocycles. The Balaban J connectivity index is 2.14. The van der Waals surface area contributed by atoms with Crippen LogP contribution in [0.4, 0.5) is 5.69 Å². The number of aromatic carboxylic acids is 1. The van der Waals surface area contributed by atoms with Crippen molar-refractivity contribution in [2.75, 3.05) is 0 Å². The van der Waals surface area contributed by atoms with E-state index in [2.05, 4.69) is 0 Å². The third-order valence-corrected chi connectivity index (χ3v) is 5.40. The van der Waals surface area contributed by atoms with Gasteiger partial charge in [0.25, 0.3) is 5.69 Å². The minimum Gasteiger partial charge on any atom is -0.478 e. The average molecular weight is 371 g/mol. The molecule has 0 unspecified atom stereocenters. The molecule has 5 nitrogen and oxygen atoms in total. The van der Waals surface area contributed by atoms with Crippen LogP contribution in [0.15, 0.2) is 64.2 Å². The van der Waals surface area contributed by atoms with Gasteiger partial charge in [-0.3, -0.25) is 10.1 Å². The first-order valence-corrected chi connectivity index (χ1v) is 9.24. The predicted octanol–water partition coefficient (Wildman–Crippen LogP) is 5.31. The van der Waals surface area contributed by atoms with Crippen LogP contribution in [0.1, 0.15) is 15.9 Å². The lowest BCUT2D eigenvalue weighted by Crippen LogP contribution is -2.02. The van der Waals surface area contributed by atoms with Crippen molar-refractivity contribution in [1.82, 2.24) is 0 Å². The molecule has 0 saturated heterocycles. The maximum atomic E-state index is 11.6. The van der Waals surface area contributed by atoms with Crippen LogP contribution >= 0.6 is 23.1 Å². The summed E-state index contributed by atoms with van der Waals surface area (Å²) in [6.07, 6.45) is 0. The number of hydrogen-bond donors (Lipinski definition) is 1. The van der Waals surface area contributed by atoms with Gasteiger partial charge in [-0.15, -0.1) is 11.8 Å². The molecule has 1 N–H and O–H groups in total. The number of carbonyl (C=O) groups is 1. The molecule has 3 rings (SSSR count). The van der Waals surface area contributed by atoms with E-state index in [1.54, 1.807) is 35.6 Å². The Morgan fingerprint density at radius 3 is 2.56 bits per heavy atom. The topological polar surface area (TPSA) is 80.4 Å². The lowest BCUT2D eigenvalue weighted by atomic mass is 10.0. The van der Waals surface area contributed by atoms with Crippen LogP contribution in [0.3, 0.4) is 0 Å². The molecule has 0 fully saturated rings. The molecule has 0 atom stereocenters. The zero-order valence-electron chi connectivity index (χ0n) is 12.9. The Morgan fingerprint density at radius 1 is 1.20 bits per heavy atom. The van der Waals surface area contributed by atoms with Gasteiger partial charge >= 0.3 is 5.97 Å². The lowest BCUT2D eigenvalue weighted by Gasteiger charge is -2.11. The van der Waals surface area contributed by atoms with E-state index in [1.807, 2.05) is 22.9 Å².